The predicted molar refractivity (Wildman–Crippen MR) is 113 cm³/mol. The van der Waals surface area contributed by atoms with E-state index in [1.807, 2.05) is 6.92 Å². The highest BCUT2D eigenvalue weighted by atomic mass is 32.2. The zero-order chi connectivity index (χ0) is 21.7. The largest absolute Gasteiger partial charge is 0.494 e. The van der Waals surface area contributed by atoms with Crippen LogP contribution in [0.15, 0.2) is 34.5 Å². The van der Waals surface area contributed by atoms with E-state index in [1.165, 1.54) is 27.8 Å². The van der Waals surface area contributed by atoms with Crippen LogP contribution in [-0.4, -0.2) is 49.2 Å². The summed E-state index contributed by atoms with van der Waals surface area (Å²) in [5.41, 5.74) is 5.65. The number of piperidine rings is 1. The van der Waals surface area contributed by atoms with E-state index in [9.17, 15) is 18.0 Å². The number of primary amides is 1. The Morgan fingerprint density at radius 1 is 1.27 bits per heavy atom. The summed E-state index contributed by atoms with van der Waals surface area (Å²) in [5, 5.41) is 4.82. The van der Waals surface area contributed by atoms with Crippen LogP contribution in [0.1, 0.15) is 25.5 Å². The summed E-state index contributed by atoms with van der Waals surface area (Å²) in [5.74, 6) is -0.374. The molecule has 0 spiro atoms. The molecule has 3 N–H and O–H groups in total. The van der Waals surface area contributed by atoms with Crippen molar-refractivity contribution in [3.8, 4) is 5.75 Å². The summed E-state index contributed by atoms with van der Waals surface area (Å²) in [6.07, 6.45) is 0.859. The van der Waals surface area contributed by atoms with E-state index in [1.54, 1.807) is 17.5 Å². The molecule has 1 aliphatic rings. The molecule has 0 unspecified atom stereocenters. The first-order valence-electron chi connectivity index (χ1n) is 9.56. The molecule has 0 radical (unpaired) electrons. The third-order valence-electron chi connectivity index (χ3n) is 4.73. The number of nitrogens with two attached hydrogens (primary N) is 1. The van der Waals surface area contributed by atoms with Crippen LogP contribution >= 0.6 is 11.3 Å². The molecule has 2 heterocycles. The summed E-state index contributed by atoms with van der Waals surface area (Å²) < 4.78 is 32.5. The van der Waals surface area contributed by atoms with Crippen molar-refractivity contribution in [3.63, 3.8) is 0 Å². The maximum Gasteiger partial charge on any atom is 0.243 e. The van der Waals surface area contributed by atoms with Crippen LogP contribution in [0.4, 0.5) is 5.13 Å². The quantitative estimate of drug-likeness (QED) is 0.625. The Bertz CT molecular complexity index is 996. The molecule has 3 rings (SSSR count). The first kappa shape index (κ1) is 22.2. The van der Waals surface area contributed by atoms with Gasteiger partial charge in [-0.25, -0.2) is 13.4 Å². The van der Waals surface area contributed by atoms with Crippen molar-refractivity contribution in [1.82, 2.24) is 9.29 Å². The van der Waals surface area contributed by atoms with Gasteiger partial charge in [-0.15, -0.1) is 11.3 Å². The minimum absolute atomic E-state index is 0.0220. The number of nitrogens with one attached hydrogen (secondary N) is 1. The van der Waals surface area contributed by atoms with Gasteiger partial charge in [0.15, 0.2) is 5.13 Å². The van der Waals surface area contributed by atoms with Gasteiger partial charge < -0.3 is 15.8 Å². The lowest BCUT2D eigenvalue weighted by Crippen LogP contribution is -2.41. The molecule has 0 atom stereocenters. The number of sulfonamides is 1. The third-order valence-corrected chi connectivity index (χ3v) is 7.45. The highest BCUT2D eigenvalue weighted by Crippen LogP contribution is 2.26. The molecule has 0 saturated carbocycles. The van der Waals surface area contributed by atoms with Crippen LogP contribution < -0.4 is 15.8 Å². The first-order valence-corrected chi connectivity index (χ1v) is 11.9. The van der Waals surface area contributed by atoms with Crippen molar-refractivity contribution in [2.45, 2.75) is 31.1 Å². The SMILES string of the molecule is CCOc1ccc(S(=O)(=O)N2CCC(C(=O)Nc3nc(CC(N)=O)cs3)CC2)cc1. The molecule has 2 aromatic rings. The van der Waals surface area contributed by atoms with E-state index in [0.29, 0.717) is 36.0 Å². The Labute approximate surface area is 179 Å². The van der Waals surface area contributed by atoms with Gasteiger partial charge >= 0.3 is 0 Å². The number of hydrogen-bond donors (Lipinski definition) is 2. The molecular formula is C19H24N4O5S2. The van der Waals surface area contributed by atoms with Gasteiger partial charge in [0.05, 0.1) is 23.6 Å². The number of benzene rings is 1. The Hall–Kier alpha value is -2.50. The number of carbonyl (C=O) groups is 2. The number of amides is 2. The lowest BCUT2D eigenvalue weighted by Gasteiger charge is -2.30. The van der Waals surface area contributed by atoms with Crippen LogP contribution in [0, 0.1) is 5.92 Å². The van der Waals surface area contributed by atoms with Crippen molar-refractivity contribution in [1.29, 1.82) is 0 Å². The maximum absolute atomic E-state index is 12.9. The number of anilines is 1. The fourth-order valence-electron chi connectivity index (χ4n) is 3.21. The smallest absolute Gasteiger partial charge is 0.243 e. The third kappa shape index (κ3) is 5.35. The van der Waals surface area contributed by atoms with Crippen molar-refractivity contribution in [3.05, 3.63) is 35.3 Å². The van der Waals surface area contributed by atoms with Gasteiger partial charge in [0.2, 0.25) is 21.8 Å². The Morgan fingerprint density at radius 3 is 2.53 bits per heavy atom. The number of hydrogen-bond acceptors (Lipinski definition) is 7. The number of ether oxygens (including phenoxy) is 1. The monoisotopic (exact) mass is 452 g/mol. The van der Waals surface area contributed by atoms with Crippen molar-refractivity contribution < 1.29 is 22.7 Å². The van der Waals surface area contributed by atoms with Crippen LogP contribution in [0.3, 0.4) is 0 Å². The molecule has 1 aromatic heterocycles. The molecular weight excluding hydrogens is 428 g/mol. The number of rotatable bonds is 8. The van der Waals surface area contributed by atoms with Crippen LogP contribution in [-0.2, 0) is 26.0 Å². The van der Waals surface area contributed by atoms with E-state index < -0.39 is 15.9 Å². The molecule has 1 aliphatic heterocycles. The normalized spacial score (nSPS) is 15.6. The molecule has 1 fully saturated rings. The van der Waals surface area contributed by atoms with Crippen molar-refractivity contribution in [2.24, 2.45) is 11.7 Å². The fourth-order valence-corrected chi connectivity index (χ4v) is 5.40. The van der Waals surface area contributed by atoms with E-state index >= 15 is 0 Å². The van der Waals surface area contributed by atoms with Gasteiger partial charge in [-0.2, -0.15) is 4.31 Å². The van der Waals surface area contributed by atoms with Gasteiger partial charge in [0.25, 0.3) is 0 Å². The van der Waals surface area contributed by atoms with Crippen molar-refractivity contribution >= 4 is 38.3 Å². The second-order valence-electron chi connectivity index (χ2n) is 6.86. The van der Waals surface area contributed by atoms with E-state index in [2.05, 4.69) is 10.3 Å². The van der Waals surface area contributed by atoms with Crippen LogP contribution in [0.25, 0.3) is 0 Å². The Balaban J connectivity index is 1.56. The van der Waals surface area contributed by atoms with Crippen LogP contribution in [0.5, 0.6) is 5.75 Å². The molecule has 1 saturated heterocycles. The topological polar surface area (TPSA) is 132 Å². The molecule has 0 aliphatic carbocycles. The minimum Gasteiger partial charge on any atom is -0.494 e. The number of aromatic nitrogens is 1. The molecule has 0 bridgehead atoms. The minimum atomic E-state index is -3.62. The number of carbonyl (C=O) groups excluding carboxylic acids is 2. The summed E-state index contributed by atoms with van der Waals surface area (Å²) in [6.45, 7) is 2.89. The Kier molecular flexibility index (Phi) is 7.06. The van der Waals surface area contributed by atoms with Crippen LogP contribution in [0.2, 0.25) is 0 Å². The summed E-state index contributed by atoms with van der Waals surface area (Å²) in [4.78, 5) is 27.8. The second-order valence-corrected chi connectivity index (χ2v) is 9.66. The molecule has 162 valence electrons. The number of nitrogens with zero attached hydrogens (tertiary/aromatic N) is 2. The molecule has 9 nitrogen and oxygen atoms in total. The molecule has 11 heteroatoms. The Morgan fingerprint density at radius 2 is 1.93 bits per heavy atom. The first-order chi connectivity index (χ1) is 14.3. The lowest BCUT2D eigenvalue weighted by molar-refractivity contribution is -0.121. The van der Waals surface area contributed by atoms with E-state index in [4.69, 9.17) is 10.5 Å². The summed E-state index contributed by atoms with van der Waals surface area (Å²) in [6, 6.07) is 6.34. The standard InChI is InChI=1S/C19H24N4O5S2/c1-2-28-15-3-5-16(6-4-15)30(26,27)23-9-7-13(8-10-23)18(25)22-19-21-14(12-29-19)11-17(20)24/h3-6,12-13H,2,7-11H2,1H3,(H2,20,24)(H,21,22,25). The molecule has 30 heavy (non-hydrogen) atoms. The van der Waals surface area contributed by atoms with Crippen molar-refractivity contribution in [2.75, 3.05) is 25.0 Å². The molecule has 1 aromatic carbocycles. The second kappa shape index (κ2) is 9.54. The van der Waals surface area contributed by atoms with Gasteiger partial charge in [-0.05, 0) is 44.0 Å². The highest BCUT2D eigenvalue weighted by Gasteiger charge is 2.32. The summed E-state index contributed by atoms with van der Waals surface area (Å²) in [7, 11) is -3.62. The lowest BCUT2D eigenvalue weighted by atomic mass is 9.97. The molecule has 2 amide bonds. The van der Waals surface area contributed by atoms with E-state index in [0.717, 1.165) is 0 Å². The maximum atomic E-state index is 12.9. The van der Waals surface area contributed by atoms with Gasteiger partial charge in [-0.1, -0.05) is 0 Å². The van der Waals surface area contributed by atoms with Gasteiger partial charge in [0, 0.05) is 24.4 Å². The predicted octanol–water partition coefficient (Wildman–Crippen LogP) is 1.61. The zero-order valence-corrected chi connectivity index (χ0v) is 18.2. The van der Waals surface area contributed by atoms with E-state index in [-0.39, 0.29) is 36.2 Å². The zero-order valence-electron chi connectivity index (χ0n) is 16.5. The number of thiazole rings is 1. The van der Waals surface area contributed by atoms with Gasteiger partial charge in [0.1, 0.15) is 5.75 Å². The summed E-state index contributed by atoms with van der Waals surface area (Å²) >= 11 is 1.22. The average Bonchev–Trinajstić information content (AvgIpc) is 3.14. The highest BCUT2D eigenvalue weighted by molar-refractivity contribution is 7.89. The average molecular weight is 453 g/mol. The fraction of sp³-hybridized carbons (Fsp3) is 0.421. The van der Waals surface area contributed by atoms with Gasteiger partial charge in [-0.3, -0.25) is 9.59 Å².